The highest BCUT2D eigenvalue weighted by molar-refractivity contribution is 6.16. The van der Waals surface area contributed by atoms with Gasteiger partial charge >= 0.3 is 0 Å². The van der Waals surface area contributed by atoms with E-state index in [0.717, 1.165) is 44.0 Å². The highest BCUT2D eigenvalue weighted by atomic mass is 16.5. The summed E-state index contributed by atoms with van der Waals surface area (Å²) >= 11 is 0. The summed E-state index contributed by atoms with van der Waals surface area (Å²) in [7, 11) is 1.61. The Balaban J connectivity index is 1.46. The van der Waals surface area contributed by atoms with Gasteiger partial charge < -0.3 is 9.64 Å². The molecule has 2 aliphatic rings. The van der Waals surface area contributed by atoms with Gasteiger partial charge in [0, 0.05) is 58.7 Å². The Morgan fingerprint density at radius 1 is 1.10 bits per heavy atom. The fourth-order valence-corrected chi connectivity index (χ4v) is 3.93. The van der Waals surface area contributed by atoms with Crippen molar-refractivity contribution < 1.29 is 19.1 Å². The van der Waals surface area contributed by atoms with Gasteiger partial charge in [0.2, 0.25) is 5.91 Å². The average molecular weight is 399 g/mol. The summed E-state index contributed by atoms with van der Waals surface area (Å²) < 4.78 is 5.16. The Morgan fingerprint density at radius 2 is 1.72 bits per heavy atom. The minimum atomic E-state index is -0.709. The van der Waals surface area contributed by atoms with Gasteiger partial charge in [-0.2, -0.15) is 0 Å². The van der Waals surface area contributed by atoms with E-state index < -0.39 is 5.92 Å². The molecule has 7 heteroatoms. The van der Waals surface area contributed by atoms with Crippen molar-refractivity contribution in [2.75, 3.05) is 46.4 Å². The van der Waals surface area contributed by atoms with Crippen molar-refractivity contribution in [3.63, 3.8) is 0 Å². The monoisotopic (exact) mass is 399 g/mol. The Morgan fingerprint density at radius 3 is 2.28 bits per heavy atom. The number of rotatable bonds is 6. The number of carbonyl (C=O) groups is 3. The maximum Gasteiger partial charge on any atom is 0.219 e. The summed E-state index contributed by atoms with van der Waals surface area (Å²) in [5.74, 6) is -0.0103. The molecule has 1 aliphatic heterocycles. The molecule has 1 saturated carbocycles. The van der Waals surface area contributed by atoms with Crippen LogP contribution in [0.3, 0.4) is 0 Å². The summed E-state index contributed by atoms with van der Waals surface area (Å²) in [4.78, 5) is 44.9. The predicted octanol–water partition coefficient (Wildman–Crippen LogP) is 1.56. The molecule has 1 amide bonds. The van der Waals surface area contributed by atoms with Crippen molar-refractivity contribution in [2.45, 2.75) is 25.7 Å². The van der Waals surface area contributed by atoms with Gasteiger partial charge in [0.1, 0.15) is 23.2 Å². The minimum Gasteiger partial charge on any atom is -0.497 e. The standard InChI is InChI=1S/C22H29N3O4/c1-16(26)25-11-9-24(10-12-25)8-7-23-15-20-21(27)13-18(14-22(20)28)17-3-5-19(29-2)6-4-17/h3-6,15,18,20H,7-14H2,1-2H3. The molecular formula is C22H29N3O4. The molecule has 1 saturated heterocycles. The van der Waals surface area contributed by atoms with E-state index in [1.54, 1.807) is 20.2 Å². The Bertz CT molecular complexity index is 749. The van der Waals surface area contributed by atoms with Crippen LogP contribution in [0.1, 0.15) is 31.2 Å². The molecule has 3 rings (SSSR count). The highest BCUT2D eigenvalue weighted by Gasteiger charge is 2.34. The first-order valence-electron chi connectivity index (χ1n) is 10.1. The SMILES string of the molecule is COc1ccc(C2CC(=O)C(C=NCCN3CCN(C(C)=O)CC3)C(=O)C2)cc1. The summed E-state index contributed by atoms with van der Waals surface area (Å²) in [6, 6.07) is 7.55. The molecule has 1 aromatic rings. The average Bonchev–Trinajstić information content (AvgIpc) is 2.73. The van der Waals surface area contributed by atoms with E-state index in [1.807, 2.05) is 29.2 Å². The number of carbonyl (C=O) groups excluding carboxylic acids is 3. The van der Waals surface area contributed by atoms with Crippen LogP contribution < -0.4 is 4.74 Å². The third kappa shape index (κ3) is 5.50. The summed E-state index contributed by atoms with van der Waals surface area (Å²) in [5, 5.41) is 0. The molecule has 1 aromatic carbocycles. The van der Waals surface area contributed by atoms with Gasteiger partial charge in [0.15, 0.2) is 0 Å². The number of nitrogens with zero attached hydrogens (tertiary/aromatic N) is 3. The maximum absolute atomic E-state index is 12.5. The number of Topliss-reactive ketones (excluding diaryl/α,β-unsaturated/α-hetero) is 2. The van der Waals surface area contributed by atoms with E-state index in [4.69, 9.17) is 4.74 Å². The van der Waals surface area contributed by atoms with Crippen molar-refractivity contribution in [2.24, 2.45) is 10.9 Å². The number of ether oxygens (including phenoxy) is 1. The molecule has 0 atom stereocenters. The number of amides is 1. The zero-order chi connectivity index (χ0) is 20.8. The quantitative estimate of drug-likeness (QED) is 0.536. The first-order chi connectivity index (χ1) is 14.0. The molecular weight excluding hydrogens is 370 g/mol. The second kappa shape index (κ2) is 9.78. The van der Waals surface area contributed by atoms with Crippen molar-refractivity contribution in [1.29, 1.82) is 0 Å². The topological polar surface area (TPSA) is 79.3 Å². The first-order valence-corrected chi connectivity index (χ1v) is 10.1. The fraction of sp³-hybridized carbons (Fsp3) is 0.545. The second-order valence-electron chi connectivity index (χ2n) is 7.69. The lowest BCUT2D eigenvalue weighted by Gasteiger charge is -2.33. The van der Waals surface area contributed by atoms with Crippen LogP contribution in [0.2, 0.25) is 0 Å². The second-order valence-corrected chi connectivity index (χ2v) is 7.69. The van der Waals surface area contributed by atoms with E-state index >= 15 is 0 Å². The van der Waals surface area contributed by atoms with Crippen LogP contribution in [0.25, 0.3) is 0 Å². The van der Waals surface area contributed by atoms with Crippen molar-refractivity contribution >= 4 is 23.7 Å². The molecule has 2 fully saturated rings. The molecule has 0 N–H and O–H groups in total. The normalized spacial score (nSPS) is 23.6. The largest absolute Gasteiger partial charge is 0.497 e. The number of hydrogen-bond donors (Lipinski definition) is 0. The van der Waals surface area contributed by atoms with Gasteiger partial charge in [-0.15, -0.1) is 0 Å². The van der Waals surface area contributed by atoms with Crippen molar-refractivity contribution in [3.05, 3.63) is 29.8 Å². The molecule has 29 heavy (non-hydrogen) atoms. The maximum atomic E-state index is 12.5. The van der Waals surface area contributed by atoms with E-state index in [0.29, 0.717) is 19.4 Å². The van der Waals surface area contributed by atoms with Gasteiger partial charge in [-0.25, -0.2) is 0 Å². The Hall–Kier alpha value is -2.54. The van der Waals surface area contributed by atoms with E-state index in [-0.39, 0.29) is 23.4 Å². The Labute approximate surface area is 171 Å². The first kappa shape index (κ1) is 21.2. The van der Waals surface area contributed by atoms with Crippen molar-refractivity contribution in [3.8, 4) is 5.75 Å². The van der Waals surface area contributed by atoms with Crippen LogP contribution in [0.5, 0.6) is 5.75 Å². The van der Waals surface area contributed by atoms with E-state index in [1.165, 1.54) is 0 Å². The molecule has 0 unspecified atom stereocenters. The molecule has 0 bridgehead atoms. The number of hydrogen-bond acceptors (Lipinski definition) is 6. The lowest BCUT2D eigenvalue weighted by molar-refractivity contribution is -0.133. The van der Waals surface area contributed by atoms with Gasteiger partial charge in [-0.05, 0) is 23.6 Å². The lowest BCUT2D eigenvalue weighted by Crippen LogP contribution is -2.48. The van der Waals surface area contributed by atoms with Gasteiger partial charge in [0.25, 0.3) is 0 Å². The Kier molecular flexibility index (Phi) is 7.14. The minimum absolute atomic E-state index is 0.0547. The van der Waals surface area contributed by atoms with Crippen molar-refractivity contribution in [1.82, 2.24) is 9.80 Å². The summed E-state index contributed by atoms with van der Waals surface area (Å²) in [6.45, 7) is 6.07. The van der Waals surface area contributed by atoms with E-state index in [2.05, 4.69) is 9.89 Å². The molecule has 0 aromatic heterocycles. The molecule has 1 aliphatic carbocycles. The molecule has 0 radical (unpaired) electrons. The number of methoxy groups -OCH3 is 1. The highest BCUT2D eigenvalue weighted by Crippen LogP contribution is 2.32. The number of piperazine rings is 1. The smallest absolute Gasteiger partial charge is 0.219 e. The number of aliphatic imine (C=N–C) groups is 1. The van der Waals surface area contributed by atoms with Gasteiger partial charge in [0.05, 0.1) is 13.7 Å². The third-order valence-corrected chi connectivity index (χ3v) is 5.79. The predicted molar refractivity (Wildman–Crippen MR) is 111 cm³/mol. The molecule has 7 nitrogen and oxygen atoms in total. The van der Waals surface area contributed by atoms with Crippen LogP contribution in [-0.4, -0.2) is 79.9 Å². The van der Waals surface area contributed by atoms with Crippen LogP contribution >= 0.6 is 0 Å². The van der Waals surface area contributed by atoms with Crippen LogP contribution in [0.15, 0.2) is 29.3 Å². The summed E-state index contributed by atoms with van der Waals surface area (Å²) in [5.41, 5.74) is 0.993. The lowest BCUT2D eigenvalue weighted by atomic mass is 9.77. The van der Waals surface area contributed by atoms with Crippen LogP contribution in [0, 0.1) is 5.92 Å². The third-order valence-electron chi connectivity index (χ3n) is 5.79. The van der Waals surface area contributed by atoms with Crippen LogP contribution in [0.4, 0.5) is 0 Å². The zero-order valence-electron chi connectivity index (χ0n) is 17.2. The summed E-state index contributed by atoms with van der Waals surface area (Å²) in [6.07, 6.45) is 2.27. The zero-order valence-corrected chi connectivity index (χ0v) is 17.2. The molecule has 1 heterocycles. The van der Waals surface area contributed by atoms with Gasteiger partial charge in [-0.3, -0.25) is 24.3 Å². The van der Waals surface area contributed by atoms with E-state index in [9.17, 15) is 14.4 Å². The fourth-order valence-electron chi connectivity index (χ4n) is 3.93. The molecule has 0 spiro atoms. The van der Waals surface area contributed by atoms with Gasteiger partial charge in [-0.1, -0.05) is 12.1 Å². The molecule has 156 valence electrons. The number of benzene rings is 1. The number of ketones is 2. The van der Waals surface area contributed by atoms with Crippen LogP contribution in [-0.2, 0) is 14.4 Å².